The summed E-state index contributed by atoms with van der Waals surface area (Å²) in [5.41, 5.74) is -0.768. The maximum Gasteiger partial charge on any atom is 0.416 e. The zero-order chi connectivity index (χ0) is 23.4. The molecular formula is C22H19F3N2O3S2. The monoisotopic (exact) mass is 480 g/mol. The Bertz CT molecular complexity index is 1180. The van der Waals surface area contributed by atoms with E-state index in [4.69, 9.17) is 0 Å². The largest absolute Gasteiger partial charge is 0.416 e. The summed E-state index contributed by atoms with van der Waals surface area (Å²) in [6.45, 7) is 1.75. The highest BCUT2D eigenvalue weighted by molar-refractivity contribution is 8.00. The van der Waals surface area contributed by atoms with Gasteiger partial charge < -0.3 is 5.32 Å². The number of rotatable bonds is 7. The Morgan fingerprint density at radius 1 is 0.906 bits per heavy atom. The number of anilines is 2. The molecule has 0 unspecified atom stereocenters. The highest BCUT2D eigenvalue weighted by Crippen LogP contribution is 2.31. The van der Waals surface area contributed by atoms with Crippen LogP contribution in [0.2, 0.25) is 0 Å². The second kappa shape index (κ2) is 9.66. The lowest BCUT2D eigenvalue weighted by atomic mass is 10.2. The third-order valence-corrected chi connectivity index (χ3v) is 6.81. The fraction of sp³-hybridized carbons (Fsp3) is 0.136. The Morgan fingerprint density at radius 3 is 2.19 bits per heavy atom. The Kier molecular flexibility index (Phi) is 7.15. The molecule has 0 bridgehead atoms. The molecule has 0 saturated carbocycles. The highest BCUT2D eigenvalue weighted by Gasteiger charge is 2.30. The van der Waals surface area contributed by atoms with Crippen LogP contribution in [0, 0.1) is 0 Å². The van der Waals surface area contributed by atoms with Gasteiger partial charge in [-0.25, -0.2) is 8.42 Å². The van der Waals surface area contributed by atoms with Gasteiger partial charge in [0.05, 0.1) is 15.7 Å². The van der Waals surface area contributed by atoms with Gasteiger partial charge in [-0.05, 0) is 61.5 Å². The number of carbonyl (C=O) groups is 1. The molecule has 0 aliphatic heterocycles. The molecule has 0 radical (unpaired) electrons. The second-order valence-electron chi connectivity index (χ2n) is 6.77. The average Bonchev–Trinajstić information content (AvgIpc) is 2.74. The average molecular weight is 481 g/mol. The number of carbonyl (C=O) groups excluding carboxylic acids is 1. The third-order valence-electron chi connectivity index (χ3n) is 4.30. The SMILES string of the molecule is C[C@@H](Sc1ccccc1)C(=O)Nc1ccc(S(=O)(=O)Nc2cccc(C(F)(F)F)c2)cc1. The van der Waals surface area contributed by atoms with E-state index in [1.165, 1.54) is 42.1 Å². The minimum atomic E-state index is -4.59. The number of amides is 1. The van der Waals surface area contributed by atoms with Crippen LogP contribution in [-0.2, 0) is 21.0 Å². The Morgan fingerprint density at radius 2 is 1.56 bits per heavy atom. The standard InChI is InChI=1S/C22H19F3N2O3S2/c1-15(31-19-8-3-2-4-9-19)21(28)26-17-10-12-20(13-11-17)32(29,30)27-18-7-5-6-16(14-18)22(23,24)25/h2-15,27H,1H3,(H,26,28)/t15-/m1/s1. The van der Waals surface area contributed by atoms with Crippen LogP contribution in [0.5, 0.6) is 0 Å². The molecule has 0 aliphatic carbocycles. The van der Waals surface area contributed by atoms with Crippen LogP contribution in [0.3, 0.4) is 0 Å². The lowest BCUT2D eigenvalue weighted by molar-refractivity contribution is -0.137. The fourth-order valence-electron chi connectivity index (χ4n) is 2.69. The van der Waals surface area contributed by atoms with Gasteiger partial charge in [0.2, 0.25) is 5.91 Å². The fourth-order valence-corrected chi connectivity index (χ4v) is 4.63. The molecule has 10 heteroatoms. The zero-order valence-electron chi connectivity index (χ0n) is 16.8. The van der Waals surface area contributed by atoms with E-state index in [1.54, 1.807) is 6.92 Å². The van der Waals surface area contributed by atoms with Crippen molar-refractivity contribution in [3.8, 4) is 0 Å². The molecule has 0 fully saturated rings. The van der Waals surface area contributed by atoms with Crippen LogP contribution in [0.1, 0.15) is 12.5 Å². The summed E-state index contributed by atoms with van der Waals surface area (Å²) >= 11 is 1.38. The summed E-state index contributed by atoms with van der Waals surface area (Å²) in [5.74, 6) is -0.253. The number of hydrogen-bond acceptors (Lipinski definition) is 4. The topological polar surface area (TPSA) is 75.3 Å². The molecule has 3 rings (SSSR count). The number of hydrogen-bond donors (Lipinski definition) is 2. The van der Waals surface area contributed by atoms with E-state index in [0.29, 0.717) is 5.69 Å². The minimum Gasteiger partial charge on any atom is -0.325 e. The van der Waals surface area contributed by atoms with Gasteiger partial charge in [0.15, 0.2) is 0 Å². The quantitative estimate of drug-likeness (QED) is 0.430. The van der Waals surface area contributed by atoms with Gasteiger partial charge in [-0.15, -0.1) is 11.8 Å². The maximum absolute atomic E-state index is 12.8. The van der Waals surface area contributed by atoms with Gasteiger partial charge >= 0.3 is 6.18 Å². The van der Waals surface area contributed by atoms with E-state index in [9.17, 15) is 26.4 Å². The van der Waals surface area contributed by atoms with Crippen molar-refractivity contribution in [1.29, 1.82) is 0 Å². The molecule has 32 heavy (non-hydrogen) atoms. The zero-order valence-corrected chi connectivity index (χ0v) is 18.4. The Hall–Kier alpha value is -2.98. The molecule has 0 aromatic heterocycles. The van der Waals surface area contributed by atoms with E-state index in [0.717, 1.165) is 23.1 Å². The molecule has 0 spiro atoms. The van der Waals surface area contributed by atoms with Crippen LogP contribution in [0.4, 0.5) is 24.5 Å². The molecule has 2 N–H and O–H groups in total. The maximum atomic E-state index is 12.8. The Labute approximate surface area is 188 Å². The molecule has 3 aromatic rings. The lowest BCUT2D eigenvalue weighted by Gasteiger charge is -2.13. The predicted octanol–water partition coefficient (Wildman–Crippen LogP) is 5.63. The highest BCUT2D eigenvalue weighted by atomic mass is 32.2. The molecule has 3 aromatic carbocycles. The van der Waals surface area contributed by atoms with E-state index >= 15 is 0 Å². The first kappa shape index (κ1) is 23.7. The summed E-state index contributed by atoms with van der Waals surface area (Å²) in [6, 6.07) is 18.7. The molecule has 5 nitrogen and oxygen atoms in total. The summed E-state index contributed by atoms with van der Waals surface area (Å²) in [5, 5.41) is 2.33. The predicted molar refractivity (Wildman–Crippen MR) is 119 cm³/mol. The van der Waals surface area contributed by atoms with Gasteiger partial charge in [0, 0.05) is 16.3 Å². The lowest BCUT2D eigenvalue weighted by Crippen LogP contribution is -2.22. The van der Waals surface area contributed by atoms with Crippen molar-refractivity contribution in [2.45, 2.75) is 28.1 Å². The third kappa shape index (κ3) is 6.27. The normalized spacial score (nSPS) is 12.8. The number of sulfonamides is 1. The van der Waals surface area contributed by atoms with E-state index in [-0.39, 0.29) is 21.7 Å². The van der Waals surface area contributed by atoms with Crippen molar-refractivity contribution in [3.63, 3.8) is 0 Å². The number of benzene rings is 3. The summed E-state index contributed by atoms with van der Waals surface area (Å²) in [4.78, 5) is 13.2. The van der Waals surface area contributed by atoms with Crippen LogP contribution in [0.25, 0.3) is 0 Å². The first-order valence-corrected chi connectivity index (χ1v) is 11.7. The van der Waals surface area contributed by atoms with E-state index in [1.807, 2.05) is 30.3 Å². The van der Waals surface area contributed by atoms with Gasteiger partial charge in [-0.3, -0.25) is 9.52 Å². The van der Waals surface area contributed by atoms with Crippen LogP contribution < -0.4 is 10.0 Å². The van der Waals surface area contributed by atoms with Gasteiger partial charge in [-0.1, -0.05) is 24.3 Å². The molecule has 168 valence electrons. The van der Waals surface area contributed by atoms with E-state index in [2.05, 4.69) is 10.0 Å². The smallest absolute Gasteiger partial charge is 0.325 e. The van der Waals surface area contributed by atoms with Crippen molar-refractivity contribution in [1.82, 2.24) is 0 Å². The molecule has 1 atom stereocenters. The molecule has 0 heterocycles. The molecular weight excluding hydrogens is 461 g/mol. The van der Waals surface area contributed by atoms with Gasteiger partial charge in [-0.2, -0.15) is 13.2 Å². The minimum absolute atomic E-state index is 0.153. The molecule has 0 saturated heterocycles. The number of thioether (sulfide) groups is 1. The van der Waals surface area contributed by atoms with Crippen molar-refractivity contribution < 1.29 is 26.4 Å². The van der Waals surface area contributed by atoms with Gasteiger partial charge in [0.1, 0.15) is 0 Å². The second-order valence-corrected chi connectivity index (χ2v) is 9.87. The van der Waals surface area contributed by atoms with Crippen LogP contribution in [0.15, 0.2) is 88.7 Å². The number of nitrogens with one attached hydrogen (secondary N) is 2. The van der Waals surface area contributed by atoms with Crippen molar-refractivity contribution in [3.05, 3.63) is 84.4 Å². The van der Waals surface area contributed by atoms with Crippen molar-refractivity contribution in [2.75, 3.05) is 10.0 Å². The molecule has 1 amide bonds. The van der Waals surface area contributed by atoms with Crippen molar-refractivity contribution in [2.24, 2.45) is 0 Å². The van der Waals surface area contributed by atoms with Gasteiger partial charge in [0.25, 0.3) is 10.0 Å². The summed E-state index contributed by atoms with van der Waals surface area (Å²) in [6.07, 6.45) is -4.59. The Balaban J connectivity index is 1.66. The van der Waals surface area contributed by atoms with Crippen LogP contribution in [-0.4, -0.2) is 19.6 Å². The van der Waals surface area contributed by atoms with Crippen molar-refractivity contribution >= 4 is 39.1 Å². The van der Waals surface area contributed by atoms with Crippen LogP contribution >= 0.6 is 11.8 Å². The first-order chi connectivity index (χ1) is 15.0. The summed E-state index contributed by atoms with van der Waals surface area (Å²) < 4.78 is 65.7. The molecule has 0 aliphatic rings. The number of halogens is 3. The number of alkyl halides is 3. The first-order valence-electron chi connectivity index (χ1n) is 9.37. The van der Waals surface area contributed by atoms with E-state index < -0.39 is 21.8 Å². The summed E-state index contributed by atoms with van der Waals surface area (Å²) in [7, 11) is -4.11.